The average Bonchev–Trinajstić information content (AvgIpc) is 3.38. The summed E-state index contributed by atoms with van der Waals surface area (Å²) in [5, 5.41) is 34.0. The van der Waals surface area contributed by atoms with Crippen molar-refractivity contribution in [3.63, 3.8) is 0 Å². The van der Waals surface area contributed by atoms with Crippen LogP contribution >= 0.6 is 0 Å². The van der Waals surface area contributed by atoms with Gasteiger partial charge in [0.15, 0.2) is 0 Å². The van der Waals surface area contributed by atoms with Crippen LogP contribution in [0.25, 0.3) is 162 Å². The second-order valence-corrected chi connectivity index (χ2v) is 18.6. The van der Waals surface area contributed by atoms with Crippen LogP contribution in [0.4, 0.5) is 0 Å². The van der Waals surface area contributed by atoms with Crippen LogP contribution in [0.2, 0.25) is 0 Å². The molecule has 16 aromatic rings. The maximum absolute atomic E-state index is 2.50. The largest absolute Gasteiger partial charge is 0.0616 e. The van der Waals surface area contributed by atoms with Gasteiger partial charge in [-0.2, -0.15) is 0 Å². The Kier molecular flexibility index (Phi) is 6.64. The molecule has 16 rings (SSSR count). The summed E-state index contributed by atoms with van der Waals surface area (Å²) in [6.45, 7) is 0. The summed E-state index contributed by atoms with van der Waals surface area (Å²) in [5.74, 6) is 0. The van der Waals surface area contributed by atoms with E-state index in [1.165, 1.54) is 162 Å². The Bertz CT molecular complexity index is 4390. The van der Waals surface area contributed by atoms with Crippen LogP contribution in [0.5, 0.6) is 0 Å². The lowest BCUT2D eigenvalue weighted by molar-refractivity contribution is 1.71. The molecule has 0 aliphatic carbocycles. The van der Waals surface area contributed by atoms with Gasteiger partial charge in [0.05, 0.1) is 0 Å². The van der Waals surface area contributed by atoms with Crippen molar-refractivity contribution < 1.29 is 0 Å². The molecule has 0 saturated heterocycles. The molecule has 0 unspecified atom stereocenters. The molecule has 0 amide bonds. The highest BCUT2D eigenvalue weighted by Gasteiger charge is 2.21. The highest BCUT2D eigenvalue weighted by atomic mass is 14.2. The van der Waals surface area contributed by atoms with Crippen molar-refractivity contribution in [1.82, 2.24) is 0 Å². The summed E-state index contributed by atoms with van der Waals surface area (Å²) in [7, 11) is 0. The Morgan fingerprint density at radius 1 is 0.152 bits per heavy atom. The fourth-order valence-electron chi connectivity index (χ4n) is 12.8. The van der Waals surface area contributed by atoms with E-state index in [-0.39, 0.29) is 0 Å². The molecular formula is C66H36. The maximum Gasteiger partial charge on any atom is -0.00137 e. The van der Waals surface area contributed by atoms with Crippen LogP contribution in [0.3, 0.4) is 0 Å². The topological polar surface area (TPSA) is 0 Å². The lowest BCUT2D eigenvalue weighted by Crippen LogP contribution is -1.91. The van der Waals surface area contributed by atoms with Gasteiger partial charge < -0.3 is 0 Å². The van der Waals surface area contributed by atoms with Gasteiger partial charge in [-0.25, -0.2) is 0 Å². The first-order valence-corrected chi connectivity index (χ1v) is 23.2. The van der Waals surface area contributed by atoms with E-state index in [1.54, 1.807) is 0 Å². The molecule has 0 spiro atoms. The number of hydrogen-bond acceptors (Lipinski definition) is 0. The van der Waals surface area contributed by atoms with Crippen molar-refractivity contribution in [3.05, 3.63) is 218 Å². The van der Waals surface area contributed by atoms with Crippen LogP contribution < -0.4 is 0 Å². The molecule has 0 aliphatic rings. The molecule has 0 aromatic heterocycles. The molecule has 0 saturated carbocycles. The zero-order chi connectivity index (χ0) is 42.8. The molecule has 300 valence electrons. The molecule has 0 heterocycles. The van der Waals surface area contributed by atoms with Crippen molar-refractivity contribution in [2.24, 2.45) is 0 Å². The maximum atomic E-state index is 2.50. The third-order valence-electron chi connectivity index (χ3n) is 15.5. The van der Waals surface area contributed by atoms with Crippen LogP contribution in [-0.4, -0.2) is 0 Å². The molecular weight excluding hydrogens is 793 g/mol. The minimum absolute atomic E-state index is 1.24. The van der Waals surface area contributed by atoms with Crippen molar-refractivity contribution in [2.75, 3.05) is 0 Å². The van der Waals surface area contributed by atoms with Crippen molar-refractivity contribution in [2.45, 2.75) is 0 Å². The minimum Gasteiger partial charge on any atom is -0.0616 e. The zero-order valence-corrected chi connectivity index (χ0v) is 35.8. The first kappa shape index (κ1) is 34.9. The number of benzene rings is 16. The Labute approximate surface area is 378 Å². The van der Waals surface area contributed by atoms with E-state index in [0.717, 1.165) is 0 Å². The first-order valence-electron chi connectivity index (χ1n) is 23.2. The van der Waals surface area contributed by atoms with Crippen LogP contribution in [-0.2, 0) is 0 Å². The smallest absolute Gasteiger partial charge is 0.00137 e. The second kappa shape index (κ2) is 12.6. The molecule has 16 aromatic carbocycles. The number of hydrogen-bond donors (Lipinski definition) is 0. The van der Waals surface area contributed by atoms with E-state index < -0.39 is 0 Å². The fraction of sp³-hybridized carbons (Fsp3) is 0. The van der Waals surface area contributed by atoms with Crippen LogP contribution in [0.15, 0.2) is 218 Å². The molecule has 0 N–H and O–H groups in total. The molecule has 0 aliphatic heterocycles. The normalized spacial score (nSPS) is 12.5. The summed E-state index contributed by atoms with van der Waals surface area (Å²) in [4.78, 5) is 0. The van der Waals surface area contributed by atoms with Crippen molar-refractivity contribution in [1.29, 1.82) is 0 Å². The summed E-state index contributed by atoms with van der Waals surface area (Å²) < 4.78 is 0. The highest BCUT2D eigenvalue weighted by molar-refractivity contribution is 6.41. The standard InChI is InChI=1S/C66H36/c1-3-17-49-43(15-1)45-29-27-39(41-31-33-57-53-21-7-13-37-11-5-19-51(61(37)53)55-25-9-23-47(41)63(55)57)35-59(45)66-50-18-4-2-16-44(50)46-30-28-40(36-60(46)65(49)66)42-32-34-58-54-22-8-14-38-12-6-20-52(62(38)54)56-26-10-24-48(42)64(56)58/h1-36H. The third-order valence-corrected chi connectivity index (χ3v) is 15.5. The van der Waals surface area contributed by atoms with E-state index >= 15 is 0 Å². The summed E-state index contributed by atoms with van der Waals surface area (Å²) in [6, 6.07) is 83.0. The van der Waals surface area contributed by atoms with Crippen LogP contribution in [0, 0.1) is 0 Å². The quantitative estimate of drug-likeness (QED) is 0.120. The molecule has 0 radical (unpaired) electrons. The monoisotopic (exact) mass is 828 g/mol. The fourth-order valence-corrected chi connectivity index (χ4v) is 12.8. The highest BCUT2D eigenvalue weighted by Crippen LogP contribution is 2.49. The van der Waals surface area contributed by atoms with Gasteiger partial charge in [0.25, 0.3) is 0 Å². The van der Waals surface area contributed by atoms with Gasteiger partial charge in [0.1, 0.15) is 0 Å². The molecule has 0 fully saturated rings. The predicted octanol–water partition coefficient (Wildman–Crippen LogP) is 18.9. The number of rotatable bonds is 2. The first-order chi connectivity index (χ1) is 32.8. The van der Waals surface area contributed by atoms with E-state index in [9.17, 15) is 0 Å². The van der Waals surface area contributed by atoms with Crippen molar-refractivity contribution >= 4 is 140 Å². The van der Waals surface area contributed by atoms with Crippen molar-refractivity contribution in [3.8, 4) is 22.3 Å². The second-order valence-electron chi connectivity index (χ2n) is 18.6. The van der Waals surface area contributed by atoms with Gasteiger partial charge in [0.2, 0.25) is 0 Å². The lowest BCUT2D eigenvalue weighted by atomic mass is 9.84. The zero-order valence-electron chi connectivity index (χ0n) is 35.8. The van der Waals surface area contributed by atoms with Gasteiger partial charge in [-0.15, -0.1) is 0 Å². The molecule has 0 nitrogen and oxygen atoms in total. The van der Waals surface area contributed by atoms with Gasteiger partial charge in [0, 0.05) is 0 Å². The summed E-state index contributed by atoms with van der Waals surface area (Å²) in [5.41, 5.74) is 5.00. The van der Waals surface area contributed by atoms with Crippen LogP contribution in [0.1, 0.15) is 0 Å². The van der Waals surface area contributed by atoms with Gasteiger partial charge in [-0.05, 0) is 174 Å². The molecule has 0 bridgehead atoms. The van der Waals surface area contributed by atoms with Gasteiger partial charge in [-0.1, -0.05) is 206 Å². The molecule has 66 heavy (non-hydrogen) atoms. The van der Waals surface area contributed by atoms with Gasteiger partial charge >= 0.3 is 0 Å². The predicted molar refractivity (Wildman–Crippen MR) is 287 cm³/mol. The summed E-state index contributed by atoms with van der Waals surface area (Å²) in [6.07, 6.45) is 0. The van der Waals surface area contributed by atoms with Gasteiger partial charge in [-0.3, -0.25) is 0 Å². The van der Waals surface area contributed by atoms with E-state index in [1.807, 2.05) is 0 Å². The number of fused-ring (bicyclic) bond motifs is 15. The molecule has 0 heteroatoms. The Morgan fingerprint density at radius 2 is 0.424 bits per heavy atom. The Balaban J connectivity index is 1.00. The minimum atomic E-state index is 1.24. The SMILES string of the molecule is c1ccc2c(c1)c1ccc(-c3ccc4c5cccc6cccc(c7cccc3c74)c65)cc1c1c3ccccc3c3ccc(-c4ccc5c6cccc7cccc(c8cccc4c85)c76)cc3c21. The van der Waals surface area contributed by atoms with E-state index in [4.69, 9.17) is 0 Å². The van der Waals surface area contributed by atoms with E-state index in [0.29, 0.717) is 0 Å². The summed E-state index contributed by atoms with van der Waals surface area (Å²) >= 11 is 0. The Hall–Kier alpha value is -8.58. The molecule has 0 atom stereocenters. The lowest BCUT2D eigenvalue weighted by Gasteiger charge is -2.19. The third kappa shape index (κ3) is 4.39. The Morgan fingerprint density at radius 3 is 0.833 bits per heavy atom. The average molecular weight is 829 g/mol. The van der Waals surface area contributed by atoms with E-state index in [2.05, 4.69) is 218 Å².